The molecule has 1 saturated heterocycles. The lowest BCUT2D eigenvalue weighted by atomic mass is 9.80. The van der Waals surface area contributed by atoms with E-state index in [2.05, 4.69) is 5.32 Å². The third-order valence-corrected chi connectivity index (χ3v) is 4.66. The highest BCUT2D eigenvalue weighted by Crippen LogP contribution is 2.47. The van der Waals surface area contributed by atoms with E-state index in [0.29, 0.717) is 11.7 Å². The van der Waals surface area contributed by atoms with E-state index >= 15 is 0 Å². The summed E-state index contributed by atoms with van der Waals surface area (Å²) in [7, 11) is 1.83. The second-order valence-corrected chi connectivity index (χ2v) is 5.80. The number of benzene rings is 1. The van der Waals surface area contributed by atoms with Crippen molar-refractivity contribution in [3.05, 3.63) is 29.8 Å². The van der Waals surface area contributed by atoms with Crippen LogP contribution in [0.5, 0.6) is 5.75 Å². The van der Waals surface area contributed by atoms with Crippen molar-refractivity contribution < 1.29 is 14.3 Å². The predicted octanol–water partition coefficient (Wildman–Crippen LogP) is 1.84. The Hall–Kier alpha value is -1.82. The standard InChI is InChI=1S/C15H18N2O3S/c1-4-19-13(18)11-12-9-7-5-6-8-10(9)20-15(11,2)17(3)14(21)16-12/h5-8,11-12H,4H2,1-3H3,(H,16,21)/t11-,12-,15+/m1/s1. The van der Waals surface area contributed by atoms with E-state index in [-0.39, 0.29) is 12.0 Å². The van der Waals surface area contributed by atoms with Crippen molar-refractivity contribution in [2.24, 2.45) is 5.92 Å². The molecule has 112 valence electrons. The molecular formula is C15H18N2O3S. The van der Waals surface area contributed by atoms with Gasteiger partial charge in [0.1, 0.15) is 11.7 Å². The van der Waals surface area contributed by atoms with Gasteiger partial charge in [-0.2, -0.15) is 0 Å². The van der Waals surface area contributed by atoms with Gasteiger partial charge in [0.2, 0.25) is 0 Å². The second-order valence-electron chi connectivity index (χ2n) is 5.41. The monoisotopic (exact) mass is 306 g/mol. The van der Waals surface area contributed by atoms with Gasteiger partial charge in [0.15, 0.2) is 10.8 Å². The molecule has 1 aromatic carbocycles. The number of esters is 1. The number of hydrogen-bond donors (Lipinski definition) is 1. The van der Waals surface area contributed by atoms with Crippen LogP contribution in [0.1, 0.15) is 25.5 Å². The molecule has 0 aliphatic carbocycles. The molecule has 5 nitrogen and oxygen atoms in total. The molecule has 2 heterocycles. The van der Waals surface area contributed by atoms with Gasteiger partial charge in [-0.15, -0.1) is 0 Å². The topological polar surface area (TPSA) is 50.8 Å². The number of para-hydroxylation sites is 1. The lowest BCUT2D eigenvalue weighted by Gasteiger charge is -2.54. The summed E-state index contributed by atoms with van der Waals surface area (Å²) in [6, 6.07) is 7.47. The number of thiocarbonyl (C=S) groups is 1. The molecule has 2 aliphatic rings. The minimum Gasteiger partial charge on any atom is -0.467 e. The van der Waals surface area contributed by atoms with Crippen molar-refractivity contribution in [3.63, 3.8) is 0 Å². The third-order valence-electron chi connectivity index (χ3n) is 4.27. The zero-order valence-electron chi connectivity index (χ0n) is 12.3. The molecule has 1 N–H and O–H groups in total. The Morgan fingerprint density at radius 3 is 2.95 bits per heavy atom. The first-order chi connectivity index (χ1) is 9.99. The maximum Gasteiger partial charge on any atom is 0.317 e. The molecule has 6 heteroatoms. The van der Waals surface area contributed by atoms with Crippen molar-refractivity contribution in [2.75, 3.05) is 13.7 Å². The lowest BCUT2D eigenvalue weighted by Crippen LogP contribution is -2.70. The van der Waals surface area contributed by atoms with Crippen molar-refractivity contribution in [1.29, 1.82) is 0 Å². The van der Waals surface area contributed by atoms with Crippen molar-refractivity contribution in [3.8, 4) is 5.75 Å². The van der Waals surface area contributed by atoms with E-state index in [0.717, 1.165) is 11.3 Å². The quantitative estimate of drug-likeness (QED) is 0.664. The molecule has 0 spiro atoms. The fourth-order valence-electron chi connectivity index (χ4n) is 3.06. The van der Waals surface area contributed by atoms with Crippen LogP contribution in [0.3, 0.4) is 0 Å². The molecule has 2 bridgehead atoms. The normalized spacial score (nSPS) is 30.0. The summed E-state index contributed by atoms with van der Waals surface area (Å²) in [6.45, 7) is 4.02. The highest BCUT2D eigenvalue weighted by molar-refractivity contribution is 7.80. The van der Waals surface area contributed by atoms with Gasteiger partial charge in [0.05, 0.1) is 12.6 Å². The Kier molecular flexibility index (Phi) is 3.28. The molecular weight excluding hydrogens is 288 g/mol. The van der Waals surface area contributed by atoms with Gasteiger partial charge < -0.3 is 19.7 Å². The smallest absolute Gasteiger partial charge is 0.317 e. The number of ether oxygens (including phenoxy) is 2. The molecule has 0 aromatic heterocycles. The number of rotatable bonds is 2. The van der Waals surface area contributed by atoms with Gasteiger partial charge in [-0.05, 0) is 32.1 Å². The molecule has 0 radical (unpaired) electrons. The molecule has 3 atom stereocenters. The maximum atomic E-state index is 12.5. The fourth-order valence-corrected chi connectivity index (χ4v) is 3.37. The van der Waals surface area contributed by atoms with E-state index in [1.165, 1.54) is 0 Å². The minimum atomic E-state index is -0.854. The summed E-state index contributed by atoms with van der Waals surface area (Å²) in [5.74, 6) is 0.0119. The van der Waals surface area contributed by atoms with Crippen LogP contribution in [0.15, 0.2) is 24.3 Å². The summed E-state index contributed by atoms with van der Waals surface area (Å²) >= 11 is 5.37. The van der Waals surface area contributed by atoms with Crippen LogP contribution in [0, 0.1) is 5.92 Å². The van der Waals surface area contributed by atoms with Gasteiger partial charge in [0, 0.05) is 12.6 Å². The summed E-state index contributed by atoms with van der Waals surface area (Å²) in [4.78, 5) is 14.3. The minimum absolute atomic E-state index is 0.234. The van der Waals surface area contributed by atoms with Crippen LogP contribution in [0.25, 0.3) is 0 Å². The Morgan fingerprint density at radius 2 is 2.24 bits per heavy atom. The first-order valence-electron chi connectivity index (χ1n) is 6.98. The van der Waals surface area contributed by atoms with Crippen LogP contribution in [0.4, 0.5) is 0 Å². The SMILES string of the molecule is CCOC(=O)[C@H]1[C@@H]2NC(=S)N(C)[C@@]1(C)Oc1ccccc12. The van der Waals surface area contributed by atoms with Crippen molar-refractivity contribution in [2.45, 2.75) is 25.6 Å². The molecule has 2 aliphatic heterocycles. The highest BCUT2D eigenvalue weighted by atomic mass is 32.1. The van der Waals surface area contributed by atoms with Crippen molar-refractivity contribution >= 4 is 23.3 Å². The molecule has 1 aromatic rings. The Morgan fingerprint density at radius 1 is 1.52 bits per heavy atom. The Balaban J connectivity index is 2.13. The Bertz CT molecular complexity index is 606. The number of nitrogens with one attached hydrogen (secondary N) is 1. The van der Waals surface area contributed by atoms with Crippen LogP contribution in [-0.4, -0.2) is 35.4 Å². The number of nitrogens with zero attached hydrogens (tertiary/aromatic N) is 1. The summed E-state index contributed by atoms with van der Waals surface area (Å²) < 4.78 is 11.4. The molecule has 1 fully saturated rings. The molecule has 0 amide bonds. The van der Waals surface area contributed by atoms with Gasteiger partial charge in [-0.3, -0.25) is 4.79 Å². The van der Waals surface area contributed by atoms with Crippen LogP contribution >= 0.6 is 12.2 Å². The highest BCUT2D eigenvalue weighted by Gasteiger charge is 2.58. The molecule has 3 rings (SSSR count). The average molecular weight is 306 g/mol. The number of fused-ring (bicyclic) bond motifs is 4. The predicted molar refractivity (Wildman–Crippen MR) is 81.8 cm³/mol. The fraction of sp³-hybridized carbons (Fsp3) is 0.467. The van der Waals surface area contributed by atoms with E-state index < -0.39 is 11.6 Å². The van der Waals surface area contributed by atoms with E-state index in [1.54, 1.807) is 11.8 Å². The third kappa shape index (κ3) is 1.97. The zero-order chi connectivity index (χ0) is 15.2. The van der Waals surface area contributed by atoms with E-state index in [4.69, 9.17) is 21.7 Å². The first-order valence-corrected chi connectivity index (χ1v) is 7.38. The number of carbonyl (C=O) groups excluding carboxylic acids is 1. The second kappa shape index (κ2) is 4.87. The molecule has 21 heavy (non-hydrogen) atoms. The van der Waals surface area contributed by atoms with Gasteiger partial charge >= 0.3 is 5.97 Å². The van der Waals surface area contributed by atoms with Gasteiger partial charge in [0.25, 0.3) is 0 Å². The largest absolute Gasteiger partial charge is 0.467 e. The summed E-state index contributed by atoms with van der Waals surface area (Å²) in [5.41, 5.74) is 0.0802. The number of carbonyl (C=O) groups is 1. The lowest BCUT2D eigenvalue weighted by molar-refractivity contribution is -0.173. The molecule has 0 saturated carbocycles. The zero-order valence-corrected chi connectivity index (χ0v) is 13.1. The summed E-state index contributed by atoms with van der Waals surface area (Å²) in [5, 5.41) is 3.81. The van der Waals surface area contributed by atoms with Crippen LogP contribution in [0.2, 0.25) is 0 Å². The van der Waals surface area contributed by atoms with Crippen LogP contribution in [-0.2, 0) is 9.53 Å². The maximum absolute atomic E-state index is 12.5. The molecule has 0 unspecified atom stereocenters. The Labute approximate surface area is 129 Å². The number of hydrogen-bond acceptors (Lipinski definition) is 4. The van der Waals surface area contributed by atoms with Crippen LogP contribution < -0.4 is 10.1 Å². The van der Waals surface area contributed by atoms with Crippen molar-refractivity contribution in [1.82, 2.24) is 10.2 Å². The van der Waals surface area contributed by atoms with E-state index in [1.807, 2.05) is 38.2 Å². The average Bonchev–Trinajstić information content (AvgIpc) is 2.45. The van der Waals surface area contributed by atoms with Gasteiger partial charge in [-0.1, -0.05) is 18.2 Å². The van der Waals surface area contributed by atoms with E-state index in [9.17, 15) is 4.79 Å². The van der Waals surface area contributed by atoms with Gasteiger partial charge in [-0.25, -0.2) is 0 Å². The first kappa shape index (κ1) is 14.1. The summed E-state index contributed by atoms with van der Waals surface area (Å²) in [6.07, 6.45) is 0.